The molecule has 1 amide bonds. The van der Waals surface area contributed by atoms with Crippen LogP contribution in [0.25, 0.3) is 11.3 Å². The third-order valence-electron chi connectivity index (χ3n) is 3.82. The van der Waals surface area contributed by atoms with Crippen molar-refractivity contribution in [2.45, 2.75) is 13.5 Å². The van der Waals surface area contributed by atoms with Gasteiger partial charge in [-0.3, -0.25) is 10.1 Å². The van der Waals surface area contributed by atoms with Gasteiger partial charge >= 0.3 is 6.61 Å². The van der Waals surface area contributed by atoms with Crippen molar-refractivity contribution in [2.75, 3.05) is 19.0 Å². The Morgan fingerprint density at radius 3 is 2.48 bits per heavy atom. The van der Waals surface area contributed by atoms with Crippen LogP contribution in [0.4, 0.5) is 13.9 Å². The molecule has 0 saturated heterocycles. The molecule has 9 heteroatoms. The molecule has 0 unspecified atom stereocenters. The number of methoxy groups -OCH3 is 1. The van der Waals surface area contributed by atoms with Crippen LogP contribution in [0, 0.1) is 6.92 Å². The number of hydrogen-bond donors (Lipinski definition) is 1. The monoisotopic (exact) mass is 420 g/mol. The number of carbonyl (C=O) groups is 1. The topological polar surface area (TPSA) is 69.7 Å². The average Bonchev–Trinajstić information content (AvgIpc) is 3.06. The molecule has 0 aliphatic carbocycles. The number of anilines is 1. The fourth-order valence-corrected chi connectivity index (χ4v) is 3.40. The lowest BCUT2D eigenvalue weighted by Gasteiger charge is -2.09. The van der Waals surface area contributed by atoms with E-state index in [0.29, 0.717) is 22.3 Å². The molecule has 2 aromatic carbocycles. The number of nitrogens with one attached hydrogen (secondary N) is 1. The molecule has 6 nitrogen and oxygen atoms in total. The summed E-state index contributed by atoms with van der Waals surface area (Å²) in [7, 11) is 1.52. The molecular weight excluding hydrogens is 402 g/mol. The Balaban J connectivity index is 1.63. The maximum Gasteiger partial charge on any atom is 0.387 e. The molecular formula is C20H18F2N2O4S. The second-order valence-electron chi connectivity index (χ2n) is 5.81. The number of nitrogens with zero attached hydrogens (tertiary/aromatic N) is 1. The molecule has 1 aromatic heterocycles. The van der Waals surface area contributed by atoms with Gasteiger partial charge < -0.3 is 14.2 Å². The summed E-state index contributed by atoms with van der Waals surface area (Å²) in [6, 6.07) is 13.2. The smallest absolute Gasteiger partial charge is 0.387 e. The lowest BCUT2D eigenvalue weighted by Crippen LogP contribution is -2.20. The van der Waals surface area contributed by atoms with Crippen LogP contribution in [0.5, 0.6) is 17.2 Å². The van der Waals surface area contributed by atoms with E-state index in [0.717, 1.165) is 10.4 Å². The summed E-state index contributed by atoms with van der Waals surface area (Å²) >= 11 is 1.31. The Kier molecular flexibility index (Phi) is 6.61. The molecule has 0 saturated carbocycles. The first-order chi connectivity index (χ1) is 14.0. The number of aromatic nitrogens is 1. The van der Waals surface area contributed by atoms with Crippen LogP contribution in [0.2, 0.25) is 0 Å². The Morgan fingerprint density at radius 1 is 1.14 bits per heavy atom. The Morgan fingerprint density at radius 2 is 1.83 bits per heavy atom. The quantitative estimate of drug-likeness (QED) is 0.570. The van der Waals surface area contributed by atoms with Gasteiger partial charge in [0.15, 0.2) is 23.2 Å². The van der Waals surface area contributed by atoms with Crippen molar-refractivity contribution in [3.63, 3.8) is 0 Å². The molecule has 3 rings (SSSR count). The second-order valence-corrected chi connectivity index (χ2v) is 7.02. The number of carbonyl (C=O) groups excluding carboxylic acids is 1. The first kappa shape index (κ1) is 20.5. The van der Waals surface area contributed by atoms with Gasteiger partial charge in [-0.2, -0.15) is 8.78 Å². The van der Waals surface area contributed by atoms with Crippen molar-refractivity contribution in [1.82, 2.24) is 4.98 Å². The van der Waals surface area contributed by atoms with Crippen molar-refractivity contribution in [1.29, 1.82) is 0 Å². The highest BCUT2D eigenvalue weighted by Crippen LogP contribution is 2.31. The zero-order valence-corrected chi connectivity index (χ0v) is 16.5. The largest absolute Gasteiger partial charge is 0.493 e. The third-order valence-corrected chi connectivity index (χ3v) is 4.71. The van der Waals surface area contributed by atoms with Crippen molar-refractivity contribution in [3.05, 3.63) is 53.4 Å². The number of thiazole rings is 1. The molecule has 0 aliphatic rings. The van der Waals surface area contributed by atoms with E-state index in [1.54, 1.807) is 36.4 Å². The molecule has 1 heterocycles. The highest BCUT2D eigenvalue weighted by atomic mass is 32.1. The summed E-state index contributed by atoms with van der Waals surface area (Å²) in [5.41, 5.74) is 1.38. The van der Waals surface area contributed by atoms with E-state index in [9.17, 15) is 13.6 Å². The van der Waals surface area contributed by atoms with Gasteiger partial charge in [0, 0.05) is 10.4 Å². The fourth-order valence-electron chi connectivity index (χ4n) is 2.55. The van der Waals surface area contributed by atoms with Crippen molar-refractivity contribution >= 4 is 22.4 Å². The maximum atomic E-state index is 12.3. The maximum absolute atomic E-state index is 12.3. The molecule has 0 fully saturated rings. The molecule has 0 radical (unpaired) electrons. The SMILES string of the molecule is COc1ccccc1OCC(=O)Nc1nc(-c2ccc(OC(F)F)cc2)c(C)s1. The van der Waals surface area contributed by atoms with Crippen LogP contribution in [0.15, 0.2) is 48.5 Å². The highest BCUT2D eigenvalue weighted by Gasteiger charge is 2.14. The molecule has 0 atom stereocenters. The Labute approximate surface area is 170 Å². The number of aryl methyl sites for hydroxylation is 1. The van der Waals surface area contributed by atoms with E-state index in [1.807, 2.05) is 6.92 Å². The van der Waals surface area contributed by atoms with E-state index < -0.39 is 6.61 Å². The first-order valence-electron chi connectivity index (χ1n) is 8.54. The number of para-hydroxylation sites is 2. The van der Waals surface area contributed by atoms with Crippen LogP contribution in [0.3, 0.4) is 0 Å². The normalized spacial score (nSPS) is 10.7. The van der Waals surface area contributed by atoms with Crippen molar-refractivity contribution in [2.24, 2.45) is 0 Å². The average molecular weight is 420 g/mol. The summed E-state index contributed by atoms with van der Waals surface area (Å²) in [5.74, 6) is 0.703. The molecule has 29 heavy (non-hydrogen) atoms. The van der Waals surface area contributed by atoms with Gasteiger partial charge in [-0.25, -0.2) is 4.98 Å². The van der Waals surface area contributed by atoms with Gasteiger partial charge in [0.1, 0.15) is 5.75 Å². The van der Waals surface area contributed by atoms with Gasteiger partial charge in [-0.05, 0) is 43.3 Å². The van der Waals surface area contributed by atoms with E-state index >= 15 is 0 Å². The summed E-state index contributed by atoms with van der Waals surface area (Å²) in [4.78, 5) is 17.5. The number of hydrogen-bond acceptors (Lipinski definition) is 6. The van der Waals surface area contributed by atoms with E-state index in [2.05, 4.69) is 15.0 Å². The zero-order valence-electron chi connectivity index (χ0n) is 15.6. The fraction of sp³-hybridized carbons (Fsp3) is 0.200. The molecule has 0 spiro atoms. The molecule has 0 aliphatic heterocycles. The van der Waals surface area contributed by atoms with Crippen molar-refractivity contribution < 1.29 is 27.8 Å². The van der Waals surface area contributed by atoms with Gasteiger partial charge in [0.05, 0.1) is 12.8 Å². The standard InChI is InChI=1S/C20H18F2N2O4S/c1-12-18(13-7-9-14(10-8-13)28-19(21)22)24-20(29-12)23-17(25)11-27-16-6-4-3-5-15(16)26-2/h3-10,19H,11H2,1-2H3,(H,23,24,25). The van der Waals surface area contributed by atoms with Crippen LogP contribution in [0.1, 0.15) is 4.88 Å². The number of ether oxygens (including phenoxy) is 3. The number of benzene rings is 2. The van der Waals surface area contributed by atoms with Gasteiger partial charge in [0.25, 0.3) is 5.91 Å². The lowest BCUT2D eigenvalue weighted by molar-refractivity contribution is -0.118. The van der Waals surface area contributed by atoms with Crippen LogP contribution in [-0.4, -0.2) is 31.2 Å². The number of alkyl halides is 2. The molecule has 3 aromatic rings. The minimum absolute atomic E-state index is 0.0682. The molecule has 0 bridgehead atoms. The number of halogens is 2. The summed E-state index contributed by atoms with van der Waals surface area (Å²) in [6.45, 7) is -1.22. The zero-order chi connectivity index (χ0) is 20.8. The van der Waals surface area contributed by atoms with E-state index in [4.69, 9.17) is 9.47 Å². The number of rotatable bonds is 8. The van der Waals surface area contributed by atoms with Crippen LogP contribution >= 0.6 is 11.3 Å². The summed E-state index contributed by atoms with van der Waals surface area (Å²) in [6.07, 6.45) is 0. The Bertz CT molecular complexity index is 977. The lowest BCUT2D eigenvalue weighted by atomic mass is 10.1. The Hall–Kier alpha value is -3.20. The predicted molar refractivity (Wildman–Crippen MR) is 106 cm³/mol. The van der Waals surface area contributed by atoms with Gasteiger partial charge in [-0.1, -0.05) is 12.1 Å². The van der Waals surface area contributed by atoms with Crippen molar-refractivity contribution in [3.8, 4) is 28.5 Å². The number of amides is 1. The first-order valence-corrected chi connectivity index (χ1v) is 9.36. The van der Waals surface area contributed by atoms with Gasteiger partial charge in [0.2, 0.25) is 0 Å². The highest BCUT2D eigenvalue weighted by molar-refractivity contribution is 7.16. The minimum Gasteiger partial charge on any atom is -0.493 e. The third kappa shape index (κ3) is 5.41. The van der Waals surface area contributed by atoms with Gasteiger partial charge in [-0.15, -0.1) is 11.3 Å². The van der Waals surface area contributed by atoms with Crippen LogP contribution < -0.4 is 19.5 Å². The second kappa shape index (κ2) is 9.33. The molecule has 152 valence electrons. The minimum atomic E-state index is -2.87. The van der Waals surface area contributed by atoms with Crippen LogP contribution in [-0.2, 0) is 4.79 Å². The summed E-state index contributed by atoms with van der Waals surface area (Å²) in [5, 5.41) is 3.11. The van der Waals surface area contributed by atoms with E-state index in [-0.39, 0.29) is 18.3 Å². The summed E-state index contributed by atoms with van der Waals surface area (Å²) < 4.78 is 39.5. The predicted octanol–water partition coefficient (Wildman–Crippen LogP) is 4.75. The molecule has 1 N–H and O–H groups in total. The van der Waals surface area contributed by atoms with E-state index in [1.165, 1.54) is 30.6 Å².